The van der Waals surface area contributed by atoms with Gasteiger partial charge in [-0.05, 0) is 30.6 Å². The van der Waals surface area contributed by atoms with Gasteiger partial charge in [-0.3, -0.25) is 9.59 Å². The van der Waals surface area contributed by atoms with E-state index in [0.29, 0.717) is 18.4 Å². The van der Waals surface area contributed by atoms with Crippen LogP contribution in [-0.4, -0.2) is 34.5 Å². The van der Waals surface area contributed by atoms with Crippen LogP contribution in [0.25, 0.3) is 0 Å². The van der Waals surface area contributed by atoms with Crippen LogP contribution in [0.1, 0.15) is 59.8 Å². The fraction of sp³-hybridized carbons (Fsp3) is 0.867. The molecular weight excluding hydrogens is 242 g/mol. The maximum absolute atomic E-state index is 12.4. The van der Waals surface area contributed by atoms with Crippen LogP contribution < -0.4 is 0 Å². The molecule has 0 spiro atoms. The van der Waals surface area contributed by atoms with Crippen LogP contribution in [-0.2, 0) is 9.59 Å². The SMILES string of the molecule is CC(C)CCN(C(=O)CC(C)(C)CC(=O)O)C1CC1. The van der Waals surface area contributed by atoms with E-state index < -0.39 is 11.4 Å². The second-order valence-electron chi connectivity index (χ2n) is 6.91. The number of carbonyl (C=O) groups is 2. The van der Waals surface area contributed by atoms with E-state index in [1.807, 2.05) is 18.7 Å². The van der Waals surface area contributed by atoms with Crippen molar-refractivity contribution < 1.29 is 14.7 Å². The van der Waals surface area contributed by atoms with Crippen molar-refractivity contribution in [3.8, 4) is 0 Å². The largest absolute Gasteiger partial charge is 0.481 e. The molecule has 4 nitrogen and oxygen atoms in total. The second-order valence-corrected chi connectivity index (χ2v) is 6.91. The van der Waals surface area contributed by atoms with Crippen LogP contribution >= 0.6 is 0 Å². The lowest BCUT2D eigenvalue weighted by atomic mass is 9.85. The highest BCUT2D eigenvalue weighted by molar-refractivity contribution is 5.78. The van der Waals surface area contributed by atoms with Gasteiger partial charge < -0.3 is 10.0 Å². The standard InChI is InChI=1S/C15H27NO3/c1-11(2)7-8-16(12-5-6-12)13(17)9-15(3,4)10-14(18)19/h11-12H,5-10H2,1-4H3,(H,18,19). The van der Waals surface area contributed by atoms with Crippen LogP contribution in [0.2, 0.25) is 0 Å². The maximum Gasteiger partial charge on any atom is 0.303 e. The van der Waals surface area contributed by atoms with Gasteiger partial charge in [-0.1, -0.05) is 27.7 Å². The normalized spacial score (nSPS) is 15.6. The molecule has 1 N–H and O–H groups in total. The summed E-state index contributed by atoms with van der Waals surface area (Å²) in [6, 6.07) is 0.409. The van der Waals surface area contributed by atoms with Crippen LogP contribution in [0.3, 0.4) is 0 Å². The van der Waals surface area contributed by atoms with Crippen molar-refractivity contribution in [3.05, 3.63) is 0 Å². The summed E-state index contributed by atoms with van der Waals surface area (Å²) in [5.41, 5.74) is -0.464. The number of amides is 1. The first-order valence-electron chi connectivity index (χ1n) is 7.22. The Balaban J connectivity index is 2.54. The fourth-order valence-corrected chi connectivity index (χ4v) is 2.28. The fourth-order valence-electron chi connectivity index (χ4n) is 2.28. The molecule has 0 aromatic rings. The van der Waals surface area contributed by atoms with Gasteiger partial charge in [0, 0.05) is 19.0 Å². The van der Waals surface area contributed by atoms with E-state index in [1.165, 1.54) is 0 Å². The Kier molecular flexibility index (Phi) is 5.39. The van der Waals surface area contributed by atoms with Crippen molar-refractivity contribution in [3.63, 3.8) is 0 Å². The summed E-state index contributed by atoms with van der Waals surface area (Å²) in [5, 5.41) is 8.87. The Morgan fingerprint density at radius 3 is 2.26 bits per heavy atom. The molecule has 0 bridgehead atoms. The van der Waals surface area contributed by atoms with Crippen molar-refractivity contribution in [1.82, 2.24) is 4.90 Å². The van der Waals surface area contributed by atoms with Crippen LogP contribution in [0, 0.1) is 11.3 Å². The molecule has 1 rings (SSSR count). The highest BCUT2D eigenvalue weighted by Crippen LogP contribution is 2.32. The molecule has 1 amide bonds. The van der Waals surface area contributed by atoms with E-state index >= 15 is 0 Å². The number of hydrogen-bond donors (Lipinski definition) is 1. The van der Waals surface area contributed by atoms with E-state index in [9.17, 15) is 9.59 Å². The van der Waals surface area contributed by atoms with E-state index in [4.69, 9.17) is 5.11 Å². The zero-order valence-electron chi connectivity index (χ0n) is 12.6. The van der Waals surface area contributed by atoms with Crippen LogP contribution in [0.5, 0.6) is 0 Å². The molecule has 0 aliphatic heterocycles. The number of aliphatic carboxylic acids is 1. The van der Waals surface area contributed by atoms with Crippen molar-refractivity contribution in [2.45, 2.75) is 65.8 Å². The number of hydrogen-bond acceptors (Lipinski definition) is 2. The van der Waals surface area contributed by atoms with Gasteiger partial charge in [-0.2, -0.15) is 0 Å². The summed E-state index contributed by atoms with van der Waals surface area (Å²) in [7, 11) is 0. The second kappa shape index (κ2) is 6.40. The first-order chi connectivity index (χ1) is 8.71. The Hall–Kier alpha value is -1.06. The minimum Gasteiger partial charge on any atom is -0.481 e. The van der Waals surface area contributed by atoms with Gasteiger partial charge in [0.05, 0.1) is 6.42 Å². The monoisotopic (exact) mass is 269 g/mol. The molecule has 0 heterocycles. The molecule has 1 aliphatic carbocycles. The van der Waals surface area contributed by atoms with E-state index in [1.54, 1.807) is 0 Å². The molecule has 0 atom stereocenters. The Morgan fingerprint density at radius 2 is 1.84 bits per heavy atom. The van der Waals surface area contributed by atoms with Gasteiger partial charge in [-0.15, -0.1) is 0 Å². The Morgan fingerprint density at radius 1 is 1.26 bits per heavy atom. The summed E-state index contributed by atoms with van der Waals surface area (Å²) in [5.74, 6) is -0.131. The van der Waals surface area contributed by atoms with Gasteiger partial charge in [0.25, 0.3) is 0 Å². The molecule has 0 saturated heterocycles. The summed E-state index contributed by atoms with van der Waals surface area (Å²) in [6.45, 7) is 8.83. The number of carboxylic acid groups (broad SMARTS) is 1. The van der Waals surface area contributed by atoms with Crippen molar-refractivity contribution >= 4 is 11.9 Å². The minimum absolute atomic E-state index is 0.0431. The van der Waals surface area contributed by atoms with Crippen LogP contribution in [0.4, 0.5) is 0 Å². The summed E-state index contributed by atoms with van der Waals surface area (Å²) in [4.78, 5) is 25.1. The molecule has 110 valence electrons. The third-order valence-electron chi connectivity index (χ3n) is 3.51. The van der Waals surface area contributed by atoms with Gasteiger partial charge in [-0.25, -0.2) is 0 Å². The molecule has 0 aromatic heterocycles. The van der Waals surface area contributed by atoms with Gasteiger partial charge in [0.15, 0.2) is 0 Å². The lowest BCUT2D eigenvalue weighted by Crippen LogP contribution is -2.37. The lowest BCUT2D eigenvalue weighted by molar-refractivity contribution is -0.140. The van der Waals surface area contributed by atoms with Crippen molar-refractivity contribution in [2.75, 3.05) is 6.54 Å². The molecular formula is C15H27NO3. The van der Waals surface area contributed by atoms with Crippen molar-refractivity contribution in [2.24, 2.45) is 11.3 Å². The van der Waals surface area contributed by atoms with Gasteiger partial charge in [0.2, 0.25) is 5.91 Å². The maximum atomic E-state index is 12.4. The van der Waals surface area contributed by atoms with Gasteiger partial charge in [0.1, 0.15) is 0 Å². The number of rotatable bonds is 8. The smallest absolute Gasteiger partial charge is 0.303 e. The molecule has 0 unspecified atom stereocenters. The predicted molar refractivity (Wildman–Crippen MR) is 74.8 cm³/mol. The predicted octanol–water partition coefficient (Wildman–Crippen LogP) is 2.91. The van der Waals surface area contributed by atoms with E-state index in [0.717, 1.165) is 25.8 Å². The molecule has 4 heteroatoms. The quantitative estimate of drug-likeness (QED) is 0.737. The molecule has 1 saturated carbocycles. The third-order valence-corrected chi connectivity index (χ3v) is 3.51. The summed E-state index contributed by atoms with van der Waals surface area (Å²) in [6.07, 6.45) is 3.59. The van der Waals surface area contributed by atoms with E-state index in [2.05, 4.69) is 13.8 Å². The molecule has 1 fully saturated rings. The summed E-state index contributed by atoms with van der Waals surface area (Å²) < 4.78 is 0. The number of carbonyl (C=O) groups excluding carboxylic acids is 1. The first kappa shape index (κ1) is 16.0. The third kappa shape index (κ3) is 6.08. The minimum atomic E-state index is -0.835. The Bertz CT molecular complexity index is 332. The van der Waals surface area contributed by atoms with Gasteiger partial charge >= 0.3 is 5.97 Å². The first-order valence-corrected chi connectivity index (χ1v) is 7.22. The molecule has 19 heavy (non-hydrogen) atoms. The van der Waals surface area contributed by atoms with Crippen molar-refractivity contribution in [1.29, 1.82) is 0 Å². The average Bonchev–Trinajstić information content (AvgIpc) is 2.97. The number of nitrogens with zero attached hydrogens (tertiary/aromatic N) is 1. The summed E-state index contributed by atoms with van der Waals surface area (Å²) >= 11 is 0. The highest BCUT2D eigenvalue weighted by Gasteiger charge is 2.35. The number of carboxylic acids is 1. The molecule has 1 aliphatic rings. The zero-order valence-corrected chi connectivity index (χ0v) is 12.6. The van der Waals surface area contributed by atoms with Crippen LogP contribution in [0.15, 0.2) is 0 Å². The Labute approximate surface area is 116 Å². The average molecular weight is 269 g/mol. The zero-order chi connectivity index (χ0) is 14.6. The molecule has 0 aromatic carbocycles. The topological polar surface area (TPSA) is 57.6 Å². The molecule has 0 radical (unpaired) electrons. The van der Waals surface area contributed by atoms with E-state index in [-0.39, 0.29) is 12.3 Å². The highest BCUT2D eigenvalue weighted by atomic mass is 16.4. The lowest BCUT2D eigenvalue weighted by Gasteiger charge is -2.28.